The van der Waals surface area contributed by atoms with Gasteiger partial charge in [-0.15, -0.1) is 0 Å². The van der Waals surface area contributed by atoms with Gasteiger partial charge in [0.2, 0.25) is 0 Å². The van der Waals surface area contributed by atoms with Crippen molar-refractivity contribution in [2.24, 2.45) is 0 Å². The van der Waals surface area contributed by atoms with E-state index >= 15 is 0 Å². The maximum absolute atomic E-state index is 12.2. The van der Waals surface area contributed by atoms with Gasteiger partial charge in [-0.1, -0.05) is 30.3 Å². The van der Waals surface area contributed by atoms with Crippen LogP contribution in [0, 0.1) is 13.8 Å². The molecule has 0 aliphatic rings. The van der Waals surface area contributed by atoms with Gasteiger partial charge in [-0.25, -0.2) is 0 Å². The number of nitrogens with one attached hydrogen (secondary N) is 1. The molecule has 0 unspecified atom stereocenters. The van der Waals surface area contributed by atoms with Gasteiger partial charge in [0.05, 0.1) is 5.97 Å². The number of hydrogen-bond donors (Lipinski definition) is 1. The minimum absolute atomic E-state index is 0.0911. The van der Waals surface area contributed by atoms with Crippen molar-refractivity contribution in [3.8, 4) is 0 Å². The monoisotopic (exact) mass is 268 g/mol. The number of carbonyl (C=O) groups excluding carboxylic acids is 2. The Bertz CT molecular complexity index is 677. The van der Waals surface area contributed by atoms with E-state index in [-0.39, 0.29) is 11.1 Å². The highest BCUT2D eigenvalue weighted by Gasteiger charge is 2.12. The Balaban J connectivity index is 2.33. The molecule has 0 saturated carbocycles. The Hall–Kier alpha value is -2.62. The summed E-state index contributed by atoms with van der Waals surface area (Å²) in [6, 6.07) is 11.7. The number of carboxylic acids is 1. The quantitative estimate of drug-likeness (QED) is 0.924. The van der Waals surface area contributed by atoms with Crippen LogP contribution in [-0.2, 0) is 0 Å². The second-order valence-electron chi connectivity index (χ2n) is 4.61. The largest absolute Gasteiger partial charge is 0.545 e. The summed E-state index contributed by atoms with van der Waals surface area (Å²) in [5.41, 5.74) is 2.57. The number of amides is 1. The molecule has 4 heteroatoms. The Morgan fingerprint density at radius 3 is 2.30 bits per heavy atom. The van der Waals surface area contributed by atoms with Gasteiger partial charge in [0.1, 0.15) is 0 Å². The molecule has 0 heterocycles. The van der Waals surface area contributed by atoms with Crippen molar-refractivity contribution in [3.63, 3.8) is 0 Å². The maximum atomic E-state index is 12.2. The Labute approximate surface area is 117 Å². The van der Waals surface area contributed by atoms with Crippen LogP contribution >= 0.6 is 0 Å². The smallest absolute Gasteiger partial charge is 0.256 e. The summed E-state index contributed by atoms with van der Waals surface area (Å²) in [5, 5.41) is 13.7. The van der Waals surface area contributed by atoms with Crippen molar-refractivity contribution in [2.75, 3.05) is 5.32 Å². The third kappa shape index (κ3) is 2.85. The van der Waals surface area contributed by atoms with E-state index in [1.807, 2.05) is 32.0 Å². The van der Waals surface area contributed by atoms with E-state index in [0.29, 0.717) is 5.69 Å². The summed E-state index contributed by atoms with van der Waals surface area (Å²) in [6.45, 7) is 3.80. The van der Waals surface area contributed by atoms with Gasteiger partial charge in [0, 0.05) is 16.8 Å². The van der Waals surface area contributed by atoms with Crippen LogP contribution in [0.1, 0.15) is 31.8 Å². The number of aryl methyl sites for hydroxylation is 2. The Morgan fingerprint density at radius 2 is 1.65 bits per heavy atom. The molecular formula is C16H14NO3-. The fourth-order valence-electron chi connectivity index (χ4n) is 1.92. The minimum Gasteiger partial charge on any atom is -0.545 e. The van der Waals surface area contributed by atoms with Crippen LogP contribution in [0.25, 0.3) is 0 Å². The lowest BCUT2D eigenvalue weighted by Gasteiger charge is -2.12. The van der Waals surface area contributed by atoms with Crippen LogP contribution in [0.5, 0.6) is 0 Å². The first-order valence-corrected chi connectivity index (χ1v) is 6.18. The van der Waals surface area contributed by atoms with Gasteiger partial charge in [0.25, 0.3) is 5.91 Å². The molecule has 0 saturated heterocycles. The molecule has 0 radical (unpaired) electrons. The van der Waals surface area contributed by atoms with Gasteiger partial charge < -0.3 is 15.2 Å². The van der Waals surface area contributed by atoms with Gasteiger partial charge >= 0.3 is 0 Å². The molecule has 4 nitrogen and oxygen atoms in total. The van der Waals surface area contributed by atoms with E-state index in [0.717, 1.165) is 11.1 Å². The van der Waals surface area contributed by atoms with Crippen molar-refractivity contribution in [1.29, 1.82) is 0 Å². The zero-order chi connectivity index (χ0) is 14.7. The molecule has 2 aromatic carbocycles. The van der Waals surface area contributed by atoms with Crippen molar-refractivity contribution >= 4 is 17.6 Å². The first-order valence-electron chi connectivity index (χ1n) is 6.18. The van der Waals surface area contributed by atoms with E-state index in [1.54, 1.807) is 12.1 Å². The molecule has 102 valence electrons. The molecule has 0 fully saturated rings. The van der Waals surface area contributed by atoms with Crippen LogP contribution in [0.15, 0.2) is 42.5 Å². The predicted molar refractivity (Wildman–Crippen MR) is 74.6 cm³/mol. The molecule has 20 heavy (non-hydrogen) atoms. The summed E-state index contributed by atoms with van der Waals surface area (Å²) in [4.78, 5) is 23.2. The highest BCUT2D eigenvalue weighted by molar-refractivity contribution is 6.10. The molecule has 1 N–H and O–H groups in total. The van der Waals surface area contributed by atoms with Crippen LogP contribution in [0.3, 0.4) is 0 Å². The SMILES string of the molecule is Cc1ccc(C)c(NC(=O)c2ccccc2C(=O)[O-])c1. The minimum atomic E-state index is -1.36. The van der Waals surface area contributed by atoms with Gasteiger partial charge in [-0.3, -0.25) is 4.79 Å². The van der Waals surface area contributed by atoms with E-state index in [9.17, 15) is 14.7 Å². The number of rotatable bonds is 3. The van der Waals surface area contributed by atoms with E-state index < -0.39 is 11.9 Å². The first-order chi connectivity index (χ1) is 9.49. The number of anilines is 1. The van der Waals surface area contributed by atoms with Crippen LogP contribution < -0.4 is 10.4 Å². The van der Waals surface area contributed by atoms with Crippen molar-refractivity contribution < 1.29 is 14.7 Å². The predicted octanol–water partition coefficient (Wildman–Crippen LogP) is 1.92. The summed E-state index contributed by atoms with van der Waals surface area (Å²) in [6.07, 6.45) is 0. The average Bonchev–Trinajstić information content (AvgIpc) is 2.42. The summed E-state index contributed by atoms with van der Waals surface area (Å²) >= 11 is 0. The topological polar surface area (TPSA) is 69.2 Å². The fraction of sp³-hybridized carbons (Fsp3) is 0.125. The zero-order valence-corrected chi connectivity index (χ0v) is 11.3. The molecule has 0 atom stereocenters. The maximum Gasteiger partial charge on any atom is 0.256 e. The molecule has 0 aromatic heterocycles. The highest BCUT2D eigenvalue weighted by atomic mass is 16.4. The summed E-state index contributed by atoms with van der Waals surface area (Å²) < 4.78 is 0. The van der Waals surface area contributed by atoms with E-state index in [2.05, 4.69) is 5.32 Å². The van der Waals surface area contributed by atoms with Crippen molar-refractivity contribution in [2.45, 2.75) is 13.8 Å². The first kappa shape index (κ1) is 13.8. The second kappa shape index (κ2) is 5.57. The lowest BCUT2D eigenvalue weighted by Crippen LogP contribution is -2.26. The van der Waals surface area contributed by atoms with Crippen molar-refractivity contribution in [1.82, 2.24) is 0 Å². The summed E-state index contributed by atoms with van der Waals surface area (Å²) in [7, 11) is 0. The molecular weight excluding hydrogens is 254 g/mol. The summed E-state index contributed by atoms with van der Waals surface area (Å²) in [5.74, 6) is -1.82. The number of carbonyl (C=O) groups is 2. The van der Waals surface area contributed by atoms with Crippen LogP contribution in [0.2, 0.25) is 0 Å². The lowest BCUT2D eigenvalue weighted by molar-refractivity contribution is -0.255. The van der Waals surface area contributed by atoms with E-state index in [1.165, 1.54) is 12.1 Å². The third-order valence-electron chi connectivity index (χ3n) is 3.03. The molecule has 0 bridgehead atoms. The molecule has 0 spiro atoms. The molecule has 1 amide bonds. The standard InChI is InChI=1S/C16H15NO3/c1-10-7-8-11(2)14(9-10)17-15(18)12-5-3-4-6-13(12)16(19)20/h3-9H,1-2H3,(H,17,18)(H,19,20)/p-1. The number of benzene rings is 2. The Morgan fingerprint density at radius 1 is 1.00 bits per heavy atom. The van der Waals surface area contributed by atoms with E-state index in [4.69, 9.17) is 0 Å². The van der Waals surface area contributed by atoms with Crippen molar-refractivity contribution in [3.05, 3.63) is 64.7 Å². The molecule has 2 aromatic rings. The normalized spacial score (nSPS) is 10.1. The van der Waals surface area contributed by atoms with Gasteiger partial charge in [-0.2, -0.15) is 0 Å². The zero-order valence-electron chi connectivity index (χ0n) is 11.3. The molecule has 2 rings (SSSR count). The lowest BCUT2D eigenvalue weighted by atomic mass is 10.1. The highest BCUT2D eigenvalue weighted by Crippen LogP contribution is 2.18. The third-order valence-corrected chi connectivity index (χ3v) is 3.03. The fourth-order valence-corrected chi connectivity index (χ4v) is 1.92. The van der Waals surface area contributed by atoms with Crippen LogP contribution in [0.4, 0.5) is 5.69 Å². The second-order valence-corrected chi connectivity index (χ2v) is 4.61. The average molecular weight is 268 g/mol. The molecule has 0 aliphatic carbocycles. The number of aromatic carboxylic acids is 1. The number of hydrogen-bond acceptors (Lipinski definition) is 3. The Kier molecular flexibility index (Phi) is 3.84. The van der Waals surface area contributed by atoms with Gasteiger partial charge in [-0.05, 0) is 37.1 Å². The van der Waals surface area contributed by atoms with Crippen LogP contribution in [-0.4, -0.2) is 11.9 Å². The molecule has 0 aliphatic heterocycles. The number of carboxylic acid groups (broad SMARTS) is 1. The van der Waals surface area contributed by atoms with Gasteiger partial charge in [0.15, 0.2) is 0 Å².